The number of rotatable bonds is 35. The number of hydrogen-bond donors (Lipinski definition) is 0. The molecule has 0 bridgehead atoms. The second-order valence-electron chi connectivity index (χ2n) is 17.3. The number of para-hydroxylation sites is 1. The van der Waals surface area contributed by atoms with Gasteiger partial charge in [-0.15, -0.1) is 0 Å². The number of benzene rings is 3. The molecule has 3 aromatic carbocycles. The molecule has 0 atom stereocenters. The Morgan fingerprint density at radius 3 is 1.35 bits per heavy atom. The molecule has 0 amide bonds. The lowest BCUT2D eigenvalue weighted by molar-refractivity contribution is -0.671. The summed E-state index contributed by atoms with van der Waals surface area (Å²) in [5.74, 6) is 1.01. The van der Waals surface area contributed by atoms with Crippen LogP contribution in [-0.4, -0.2) is 6.61 Å². The zero-order valence-corrected chi connectivity index (χ0v) is 37.1. The summed E-state index contributed by atoms with van der Waals surface area (Å²) in [4.78, 5) is 0. The first-order chi connectivity index (χ1) is 28.3. The molecular formula is C55H84NO+. The molecule has 0 N–H and O–H groups in total. The summed E-state index contributed by atoms with van der Waals surface area (Å²) in [5.41, 5.74) is 3.84. The van der Waals surface area contributed by atoms with Crippen molar-refractivity contribution in [2.45, 2.75) is 213 Å². The number of unbranched alkanes of at least 4 members (excludes halogenated alkanes) is 28. The predicted molar refractivity (Wildman–Crippen MR) is 252 cm³/mol. The highest BCUT2D eigenvalue weighted by atomic mass is 16.5. The van der Waals surface area contributed by atoms with Gasteiger partial charge < -0.3 is 4.74 Å². The highest BCUT2D eigenvalue weighted by Crippen LogP contribution is 2.30. The lowest BCUT2D eigenvalue weighted by Crippen LogP contribution is -2.34. The fraction of sp³-hybridized carbons (Fsp3) is 0.618. The first kappa shape index (κ1) is 46.6. The average Bonchev–Trinajstić information content (AvgIpc) is 3.24. The van der Waals surface area contributed by atoms with E-state index in [1.807, 2.05) is 0 Å². The quantitative estimate of drug-likeness (QED) is 0.0335. The second kappa shape index (κ2) is 30.9. The van der Waals surface area contributed by atoms with Crippen LogP contribution in [-0.2, 0) is 6.54 Å². The predicted octanol–water partition coefficient (Wildman–Crippen LogP) is 17.6. The first-order valence-electron chi connectivity index (χ1n) is 24.6. The lowest BCUT2D eigenvalue weighted by atomic mass is 10.0. The highest BCUT2D eigenvalue weighted by molar-refractivity contribution is 5.97. The van der Waals surface area contributed by atoms with Crippen LogP contribution in [0.4, 0.5) is 0 Å². The second-order valence-corrected chi connectivity index (χ2v) is 17.3. The Hall–Kier alpha value is -3.13. The molecule has 0 aliphatic carbocycles. The normalized spacial score (nSPS) is 11.8. The van der Waals surface area contributed by atoms with E-state index in [-0.39, 0.29) is 0 Å². The largest absolute Gasteiger partial charge is 0.493 e. The standard InChI is InChI=1S/C55H84NO/c1-3-5-7-9-11-13-15-17-19-20-22-24-26-28-30-34-48-57-55-42-36-39-51-49(37-35-40-53(51)55)43-44-50-45-47-56(54-41-32-31-38-52(50)54)46-33-29-27-25-23-21-18-16-14-12-10-8-6-4-2/h31-32,35-45,47H,3-30,33-34,46,48H2,1-2H3/q+1/b44-43+. The van der Waals surface area contributed by atoms with Gasteiger partial charge in [-0.2, -0.15) is 4.57 Å². The van der Waals surface area contributed by atoms with Gasteiger partial charge in [0.25, 0.3) is 0 Å². The third kappa shape index (κ3) is 19.0. The van der Waals surface area contributed by atoms with Crippen molar-refractivity contribution in [2.75, 3.05) is 6.61 Å². The summed E-state index contributed by atoms with van der Waals surface area (Å²) >= 11 is 0. The fourth-order valence-corrected chi connectivity index (χ4v) is 8.71. The molecule has 1 aromatic heterocycles. The van der Waals surface area contributed by atoms with Gasteiger partial charge in [-0.1, -0.05) is 242 Å². The van der Waals surface area contributed by atoms with Crippen molar-refractivity contribution in [1.29, 1.82) is 0 Å². The molecule has 0 saturated heterocycles. The lowest BCUT2D eigenvalue weighted by Gasteiger charge is -2.11. The molecule has 0 fully saturated rings. The van der Waals surface area contributed by atoms with Gasteiger partial charge in [-0.05, 0) is 41.5 Å². The molecule has 4 rings (SSSR count). The summed E-state index contributed by atoms with van der Waals surface area (Å²) in [6.07, 6.45) is 48.8. The smallest absolute Gasteiger partial charge is 0.213 e. The van der Waals surface area contributed by atoms with Crippen LogP contribution < -0.4 is 9.30 Å². The van der Waals surface area contributed by atoms with Crippen LogP contribution >= 0.6 is 0 Å². The molecular weight excluding hydrogens is 691 g/mol. The van der Waals surface area contributed by atoms with E-state index in [1.54, 1.807) is 0 Å². The van der Waals surface area contributed by atoms with Gasteiger partial charge in [0.05, 0.1) is 12.0 Å². The van der Waals surface area contributed by atoms with Crippen molar-refractivity contribution in [3.8, 4) is 5.75 Å². The number of ether oxygens (including phenoxy) is 1. The van der Waals surface area contributed by atoms with Gasteiger partial charge in [-0.3, -0.25) is 0 Å². The minimum absolute atomic E-state index is 0.799. The number of hydrogen-bond acceptors (Lipinski definition) is 1. The Labute approximate surface area is 351 Å². The van der Waals surface area contributed by atoms with Gasteiger partial charge in [0.2, 0.25) is 5.52 Å². The fourth-order valence-electron chi connectivity index (χ4n) is 8.71. The molecule has 2 nitrogen and oxygen atoms in total. The molecule has 57 heavy (non-hydrogen) atoms. The van der Waals surface area contributed by atoms with Gasteiger partial charge in [-0.25, -0.2) is 0 Å². The number of aryl methyl sites for hydroxylation is 1. The minimum atomic E-state index is 0.799. The van der Waals surface area contributed by atoms with Crippen molar-refractivity contribution in [2.24, 2.45) is 0 Å². The van der Waals surface area contributed by atoms with Crippen molar-refractivity contribution in [3.05, 3.63) is 84.1 Å². The molecule has 4 aromatic rings. The zero-order chi connectivity index (χ0) is 39.9. The number of pyridine rings is 1. The van der Waals surface area contributed by atoms with Crippen molar-refractivity contribution < 1.29 is 9.30 Å². The minimum Gasteiger partial charge on any atom is -0.493 e. The molecule has 0 aliphatic heterocycles. The van der Waals surface area contributed by atoms with Crippen LogP contribution in [0.25, 0.3) is 33.8 Å². The summed E-state index contributed by atoms with van der Waals surface area (Å²) < 4.78 is 8.86. The Bertz CT molecular complexity index is 1620. The SMILES string of the molecule is CCCCCCCCCCCCCCCCCCOc1cccc2c(/C=C/c3cc[n+](CCCCCCCCCCCCCCCC)c4ccccc34)cccc12. The van der Waals surface area contributed by atoms with E-state index in [4.69, 9.17) is 4.74 Å². The van der Waals surface area contributed by atoms with Crippen LogP contribution in [0.1, 0.15) is 218 Å². The van der Waals surface area contributed by atoms with E-state index in [2.05, 4.69) is 103 Å². The van der Waals surface area contributed by atoms with Crippen molar-refractivity contribution >= 4 is 33.8 Å². The van der Waals surface area contributed by atoms with E-state index >= 15 is 0 Å². The maximum atomic E-state index is 6.39. The van der Waals surface area contributed by atoms with E-state index in [1.165, 1.54) is 219 Å². The Balaban J connectivity index is 1.13. The van der Waals surface area contributed by atoms with Crippen LogP contribution in [0.2, 0.25) is 0 Å². The van der Waals surface area contributed by atoms with Crippen LogP contribution in [0, 0.1) is 0 Å². The zero-order valence-electron chi connectivity index (χ0n) is 37.1. The molecule has 0 saturated carbocycles. The maximum Gasteiger partial charge on any atom is 0.213 e. The molecule has 0 unspecified atom stereocenters. The highest BCUT2D eigenvalue weighted by Gasteiger charge is 2.11. The van der Waals surface area contributed by atoms with Crippen LogP contribution in [0.15, 0.2) is 72.9 Å². The maximum absolute atomic E-state index is 6.39. The number of aromatic nitrogens is 1. The van der Waals surface area contributed by atoms with Gasteiger partial charge in [0, 0.05) is 23.9 Å². The van der Waals surface area contributed by atoms with E-state index in [0.29, 0.717) is 0 Å². The van der Waals surface area contributed by atoms with Crippen LogP contribution in [0.3, 0.4) is 0 Å². The molecule has 0 radical (unpaired) electrons. The molecule has 2 heteroatoms. The van der Waals surface area contributed by atoms with E-state index in [9.17, 15) is 0 Å². The third-order valence-corrected chi connectivity index (χ3v) is 12.3. The number of nitrogens with zero attached hydrogens (tertiary/aromatic N) is 1. The van der Waals surface area contributed by atoms with Gasteiger partial charge >= 0.3 is 0 Å². The average molecular weight is 775 g/mol. The topological polar surface area (TPSA) is 13.1 Å². The van der Waals surface area contributed by atoms with Crippen LogP contribution in [0.5, 0.6) is 5.75 Å². The summed E-state index contributed by atoms with van der Waals surface area (Å²) in [7, 11) is 0. The van der Waals surface area contributed by atoms with E-state index in [0.717, 1.165) is 25.3 Å². The number of fused-ring (bicyclic) bond motifs is 2. The Kier molecular flexibility index (Phi) is 25.2. The first-order valence-corrected chi connectivity index (χ1v) is 24.6. The monoisotopic (exact) mass is 775 g/mol. The van der Waals surface area contributed by atoms with Crippen molar-refractivity contribution in [3.63, 3.8) is 0 Å². The molecule has 314 valence electrons. The summed E-state index contributed by atoms with van der Waals surface area (Å²) in [6, 6.07) is 24.4. The third-order valence-electron chi connectivity index (χ3n) is 12.3. The van der Waals surface area contributed by atoms with E-state index < -0.39 is 0 Å². The van der Waals surface area contributed by atoms with Gasteiger partial charge in [0.15, 0.2) is 6.20 Å². The molecule has 0 spiro atoms. The van der Waals surface area contributed by atoms with Gasteiger partial charge in [0.1, 0.15) is 12.3 Å². The molecule has 0 aliphatic rings. The van der Waals surface area contributed by atoms with Crippen molar-refractivity contribution in [1.82, 2.24) is 0 Å². The Morgan fingerprint density at radius 1 is 0.386 bits per heavy atom. The summed E-state index contributed by atoms with van der Waals surface area (Å²) in [6.45, 7) is 6.49. The summed E-state index contributed by atoms with van der Waals surface area (Å²) in [5, 5.41) is 3.79. The molecule has 1 heterocycles. The Morgan fingerprint density at radius 2 is 0.807 bits per heavy atom.